The van der Waals surface area contributed by atoms with Crippen molar-refractivity contribution in [2.24, 2.45) is 0 Å². The minimum absolute atomic E-state index is 0.314. The Morgan fingerprint density at radius 2 is 1.83 bits per heavy atom. The van der Waals surface area contributed by atoms with Crippen LogP contribution in [0.15, 0.2) is 41.0 Å². The number of nitrogens with one attached hydrogen (secondary N) is 1. The van der Waals surface area contributed by atoms with Gasteiger partial charge in [0.1, 0.15) is 5.69 Å². The molecule has 0 spiro atoms. The van der Waals surface area contributed by atoms with E-state index in [-0.39, 0.29) is 5.91 Å². The van der Waals surface area contributed by atoms with Gasteiger partial charge in [-0.05, 0) is 46.3 Å². The van der Waals surface area contributed by atoms with Gasteiger partial charge in [-0.2, -0.15) is 0 Å². The molecule has 0 saturated heterocycles. The Hall–Kier alpha value is -1.10. The van der Waals surface area contributed by atoms with Crippen LogP contribution in [0, 0.1) is 0 Å². The van der Waals surface area contributed by atoms with Crippen molar-refractivity contribution < 1.29 is 4.79 Å². The molecule has 1 amide bonds. The van der Waals surface area contributed by atoms with Crippen LogP contribution in [-0.4, -0.2) is 10.9 Å². The van der Waals surface area contributed by atoms with Crippen LogP contribution in [0.25, 0.3) is 0 Å². The standard InChI is InChI=1S/C12H7BrCl2N2O/c13-7-1-2-11(16-6-7)12(18)17-10-4-8(14)3-9(15)5-10/h1-6H,(H,17,18). The van der Waals surface area contributed by atoms with Crippen LogP contribution < -0.4 is 5.32 Å². The van der Waals surface area contributed by atoms with Gasteiger partial charge in [0, 0.05) is 26.4 Å². The van der Waals surface area contributed by atoms with Crippen LogP contribution in [0.4, 0.5) is 5.69 Å². The lowest BCUT2D eigenvalue weighted by Gasteiger charge is -2.05. The zero-order valence-corrected chi connectivity index (χ0v) is 12.1. The van der Waals surface area contributed by atoms with Crippen LogP contribution >= 0.6 is 39.1 Å². The molecule has 0 aliphatic carbocycles. The first-order chi connectivity index (χ1) is 8.54. The lowest BCUT2D eigenvalue weighted by molar-refractivity contribution is 0.102. The molecule has 2 aromatic rings. The molecule has 0 aliphatic rings. The normalized spacial score (nSPS) is 10.2. The van der Waals surface area contributed by atoms with E-state index in [0.29, 0.717) is 21.4 Å². The Morgan fingerprint density at radius 3 is 2.39 bits per heavy atom. The molecule has 1 N–H and O–H groups in total. The second-order valence-corrected chi connectivity index (χ2v) is 5.26. The van der Waals surface area contributed by atoms with E-state index in [2.05, 4.69) is 26.2 Å². The summed E-state index contributed by atoms with van der Waals surface area (Å²) in [6.45, 7) is 0. The molecule has 0 saturated carbocycles. The third-order valence-corrected chi connectivity index (χ3v) is 2.99. The number of amides is 1. The number of hydrogen-bond donors (Lipinski definition) is 1. The molecule has 1 aromatic carbocycles. The highest BCUT2D eigenvalue weighted by Crippen LogP contribution is 2.22. The van der Waals surface area contributed by atoms with Gasteiger partial charge in [0.25, 0.3) is 5.91 Å². The van der Waals surface area contributed by atoms with Gasteiger partial charge in [-0.15, -0.1) is 0 Å². The van der Waals surface area contributed by atoms with Crippen molar-refractivity contribution in [1.29, 1.82) is 0 Å². The van der Waals surface area contributed by atoms with Gasteiger partial charge >= 0.3 is 0 Å². The summed E-state index contributed by atoms with van der Waals surface area (Å²) in [5, 5.41) is 3.59. The van der Waals surface area contributed by atoms with Crippen molar-refractivity contribution in [1.82, 2.24) is 4.98 Å². The summed E-state index contributed by atoms with van der Waals surface area (Å²) >= 11 is 14.9. The van der Waals surface area contributed by atoms with Crippen molar-refractivity contribution in [3.05, 3.63) is 56.7 Å². The van der Waals surface area contributed by atoms with E-state index in [0.717, 1.165) is 4.47 Å². The summed E-state index contributed by atoms with van der Waals surface area (Å²) in [6.07, 6.45) is 1.56. The molecule has 0 radical (unpaired) electrons. The van der Waals surface area contributed by atoms with Crippen LogP contribution in [-0.2, 0) is 0 Å². The predicted molar refractivity (Wildman–Crippen MR) is 76.4 cm³/mol. The topological polar surface area (TPSA) is 42.0 Å². The van der Waals surface area contributed by atoms with E-state index in [4.69, 9.17) is 23.2 Å². The first-order valence-corrected chi connectivity index (χ1v) is 6.48. The summed E-state index contributed by atoms with van der Waals surface area (Å²) in [7, 11) is 0. The fraction of sp³-hybridized carbons (Fsp3) is 0. The van der Waals surface area contributed by atoms with Gasteiger partial charge in [0.05, 0.1) is 0 Å². The fourth-order valence-electron chi connectivity index (χ4n) is 1.33. The SMILES string of the molecule is O=C(Nc1cc(Cl)cc(Cl)c1)c1ccc(Br)cn1. The molecule has 0 fully saturated rings. The largest absolute Gasteiger partial charge is 0.321 e. The molecule has 1 heterocycles. The zero-order chi connectivity index (χ0) is 13.1. The Labute approximate surface area is 122 Å². The maximum atomic E-state index is 11.9. The summed E-state index contributed by atoms with van der Waals surface area (Å²) in [5.41, 5.74) is 0.844. The second-order valence-electron chi connectivity index (χ2n) is 3.47. The molecule has 0 atom stereocenters. The van der Waals surface area contributed by atoms with Gasteiger partial charge < -0.3 is 5.32 Å². The minimum Gasteiger partial charge on any atom is -0.321 e. The number of carbonyl (C=O) groups is 1. The van der Waals surface area contributed by atoms with Crippen molar-refractivity contribution in [3.8, 4) is 0 Å². The molecule has 0 bridgehead atoms. The second kappa shape index (κ2) is 5.69. The Balaban J connectivity index is 2.18. The third kappa shape index (κ3) is 3.45. The summed E-state index contributed by atoms with van der Waals surface area (Å²) in [5.74, 6) is -0.319. The molecule has 1 aromatic heterocycles. The number of hydrogen-bond acceptors (Lipinski definition) is 2. The van der Waals surface area contributed by atoms with Gasteiger partial charge in [-0.25, -0.2) is 4.98 Å². The van der Waals surface area contributed by atoms with E-state index in [1.807, 2.05) is 0 Å². The molecule has 0 aliphatic heterocycles. The van der Waals surface area contributed by atoms with E-state index in [1.165, 1.54) is 0 Å². The zero-order valence-electron chi connectivity index (χ0n) is 8.95. The van der Waals surface area contributed by atoms with Crippen LogP contribution in [0.2, 0.25) is 10.0 Å². The minimum atomic E-state index is -0.319. The number of anilines is 1. The monoisotopic (exact) mass is 344 g/mol. The fourth-order valence-corrected chi connectivity index (χ4v) is 2.09. The molecule has 2 rings (SSSR count). The van der Waals surface area contributed by atoms with Crippen LogP contribution in [0.5, 0.6) is 0 Å². The quantitative estimate of drug-likeness (QED) is 0.876. The van der Waals surface area contributed by atoms with E-state index in [9.17, 15) is 4.79 Å². The van der Waals surface area contributed by atoms with Crippen LogP contribution in [0.1, 0.15) is 10.5 Å². The Kier molecular flexibility index (Phi) is 4.22. The maximum Gasteiger partial charge on any atom is 0.274 e. The Bertz CT molecular complexity index is 567. The van der Waals surface area contributed by atoms with Gasteiger partial charge in [-0.3, -0.25) is 4.79 Å². The third-order valence-electron chi connectivity index (χ3n) is 2.08. The molecular weight excluding hydrogens is 339 g/mol. The number of nitrogens with zero attached hydrogens (tertiary/aromatic N) is 1. The highest BCUT2D eigenvalue weighted by Gasteiger charge is 2.08. The van der Waals surface area contributed by atoms with Gasteiger partial charge in [0.2, 0.25) is 0 Å². The first kappa shape index (κ1) is 13.3. The summed E-state index contributed by atoms with van der Waals surface area (Å²) in [4.78, 5) is 15.9. The highest BCUT2D eigenvalue weighted by atomic mass is 79.9. The van der Waals surface area contributed by atoms with Crippen molar-refractivity contribution in [2.75, 3.05) is 5.32 Å². The lowest BCUT2D eigenvalue weighted by Crippen LogP contribution is -2.13. The van der Waals surface area contributed by atoms with Crippen molar-refractivity contribution in [2.45, 2.75) is 0 Å². The molecule has 3 nitrogen and oxygen atoms in total. The number of benzene rings is 1. The van der Waals surface area contributed by atoms with Crippen molar-refractivity contribution >= 4 is 50.7 Å². The van der Waals surface area contributed by atoms with E-state index < -0.39 is 0 Å². The van der Waals surface area contributed by atoms with Gasteiger partial charge in [0.15, 0.2) is 0 Å². The number of rotatable bonds is 2. The number of pyridine rings is 1. The van der Waals surface area contributed by atoms with Gasteiger partial charge in [-0.1, -0.05) is 23.2 Å². The number of aromatic nitrogens is 1. The predicted octanol–water partition coefficient (Wildman–Crippen LogP) is 4.40. The average molecular weight is 346 g/mol. The average Bonchev–Trinajstić information content (AvgIpc) is 2.28. The first-order valence-electron chi connectivity index (χ1n) is 4.93. The Morgan fingerprint density at radius 1 is 1.17 bits per heavy atom. The molecular formula is C12H7BrCl2N2O. The van der Waals surface area contributed by atoms with E-state index >= 15 is 0 Å². The molecule has 6 heteroatoms. The number of carbonyl (C=O) groups excluding carboxylic acids is 1. The smallest absolute Gasteiger partial charge is 0.274 e. The summed E-state index contributed by atoms with van der Waals surface area (Å²) < 4.78 is 0.810. The molecule has 92 valence electrons. The van der Waals surface area contributed by atoms with E-state index in [1.54, 1.807) is 36.5 Å². The summed E-state index contributed by atoms with van der Waals surface area (Å²) in [6, 6.07) is 8.18. The van der Waals surface area contributed by atoms with Crippen molar-refractivity contribution in [3.63, 3.8) is 0 Å². The maximum absolute atomic E-state index is 11.9. The number of halogens is 3. The highest BCUT2D eigenvalue weighted by molar-refractivity contribution is 9.10. The van der Waals surface area contributed by atoms with Crippen LogP contribution in [0.3, 0.4) is 0 Å². The molecule has 0 unspecified atom stereocenters. The molecule has 18 heavy (non-hydrogen) atoms. The lowest BCUT2D eigenvalue weighted by atomic mass is 10.3.